The van der Waals surface area contributed by atoms with Crippen molar-refractivity contribution in [3.63, 3.8) is 0 Å². The molecule has 28 heavy (non-hydrogen) atoms. The molecule has 0 aliphatic carbocycles. The minimum absolute atomic E-state index is 0.247. The van der Waals surface area contributed by atoms with Gasteiger partial charge in [-0.2, -0.15) is 0 Å². The van der Waals surface area contributed by atoms with Crippen LogP contribution in [0.15, 0.2) is 60.7 Å². The predicted molar refractivity (Wildman–Crippen MR) is 113 cm³/mol. The van der Waals surface area contributed by atoms with Crippen molar-refractivity contribution in [1.82, 2.24) is 0 Å². The van der Waals surface area contributed by atoms with E-state index in [1.54, 1.807) is 55.6 Å². The fourth-order valence-electron chi connectivity index (χ4n) is 2.66. The Bertz CT molecular complexity index is 1000. The number of hydrogen-bond donors (Lipinski definition) is 1. The Labute approximate surface area is 174 Å². The van der Waals surface area contributed by atoms with Crippen molar-refractivity contribution in [1.29, 1.82) is 0 Å². The Morgan fingerprint density at radius 2 is 1.79 bits per heavy atom. The first-order valence-corrected chi connectivity index (χ1v) is 9.35. The lowest BCUT2D eigenvalue weighted by Gasteiger charge is -2.13. The van der Waals surface area contributed by atoms with Crippen LogP contribution in [0.5, 0.6) is 11.5 Å². The molecule has 0 radical (unpaired) electrons. The van der Waals surface area contributed by atoms with Crippen molar-refractivity contribution in [3.8, 4) is 11.5 Å². The summed E-state index contributed by atoms with van der Waals surface area (Å²) in [5, 5.41) is 3.97. The van der Waals surface area contributed by atoms with Gasteiger partial charge in [-0.1, -0.05) is 35.3 Å². The number of amides is 1. The fraction of sp³-hybridized carbons (Fsp3) is 0.136. The molecule has 4 nitrogen and oxygen atoms in total. The normalized spacial score (nSPS) is 10.4. The zero-order valence-corrected chi connectivity index (χ0v) is 17.0. The topological polar surface area (TPSA) is 47.6 Å². The maximum absolute atomic E-state index is 12.6. The lowest BCUT2D eigenvalue weighted by atomic mass is 10.1. The minimum Gasteiger partial charge on any atom is -0.496 e. The third-order valence-electron chi connectivity index (χ3n) is 4.19. The average Bonchev–Trinajstić information content (AvgIpc) is 2.70. The van der Waals surface area contributed by atoms with Crippen LogP contribution in [0, 0.1) is 6.92 Å². The Kier molecular flexibility index (Phi) is 6.45. The molecular formula is C22H19Cl2NO3. The van der Waals surface area contributed by atoms with Gasteiger partial charge in [0.1, 0.15) is 18.1 Å². The monoisotopic (exact) mass is 415 g/mol. The summed E-state index contributed by atoms with van der Waals surface area (Å²) in [6, 6.07) is 17.7. The van der Waals surface area contributed by atoms with E-state index in [2.05, 4.69) is 5.32 Å². The number of para-hydroxylation sites is 1. The van der Waals surface area contributed by atoms with E-state index in [4.69, 9.17) is 32.7 Å². The number of halogens is 2. The summed E-state index contributed by atoms with van der Waals surface area (Å²) in [6.07, 6.45) is 0. The van der Waals surface area contributed by atoms with Gasteiger partial charge in [-0.25, -0.2) is 0 Å². The maximum Gasteiger partial charge on any atom is 0.255 e. The lowest BCUT2D eigenvalue weighted by molar-refractivity contribution is 0.102. The molecule has 144 valence electrons. The third kappa shape index (κ3) is 4.77. The Morgan fingerprint density at radius 3 is 2.50 bits per heavy atom. The molecule has 0 bridgehead atoms. The summed E-state index contributed by atoms with van der Waals surface area (Å²) in [4.78, 5) is 12.6. The van der Waals surface area contributed by atoms with Crippen LogP contribution in [-0.4, -0.2) is 13.0 Å². The van der Waals surface area contributed by atoms with Crippen LogP contribution in [0.2, 0.25) is 10.0 Å². The Balaban J connectivity index is 1.78. The number of methoxy groups -OCH3 is 1. The van der Waals surface area contributed by atoms with E-state index >= 15 is 0 Å². The van der Waals surface area contributed by atoms with E-state index in [9.17, 15) is 4.79 Å². The molecule has 0 heterocycles. The molecule has 0 aromatic heterocycles. The molecule has 0 aliphatic rings. The van der Waals surface area contributed by atoms with Crippen LogP contribution in [0.25, 0.3) is 0 Å². The summed E-state index contributed by atoms with van der Waals surface area (Å²) in [5.74, 6) is 1.06. The van der Waals surface area contributed by atoms with E-state index in [1.165, 1.54) is 0 Å². The number of rotatable bonds is 6. The second-order valence-corrected chi connectivity index (χ2v) is 6.97. The summed E-state index contributed by atoms with van der Waals surface area (Å²) in [7, 11) is 1.58. The van der Waals surface area contributed by atoms with Crippen LogP contribution >= 0.6 is 23.2 Å². The number of aryl methyl sites for hydroxylation is 1. The standard InChI is InChI=1S/C22H19Cl2NO3/c1-14-11-17(8-9-18(14)23)28-13-16-12-15(7-10-21(16)27-2)22(26)25-20-6-4-3-5-19(20)24/h3-12H,13H2,1-2H3,(H,25,26). The van der Waals surface area contributed by atoms with Crippen molar-refractivity contribution in [3.05, 3.63) is 87.4 Å². The highest BCUT2D eigenvalue weighted by Crippen LogP contribution is 2.26. The first-order chi connectivity index (χ1) is 13.5. The fourth-order valence-corrected chi connectivity index (χ4v) is 2.96. The van der Waals surface area contributed by atoms with Crippen LogP contribution in [0.4, 0.5) is 5.69 Å². The largest absolute Gasteiger partial charge is 0.496 e. The number of hydrogen-bond acceptors (Lipinski definition) is 3. The molecule has 0 saturated heterocycles. The molecule has 0 atom stereocenters. The highest BCUT2D eigenvalue weighted by molar-refractivity contribution is 6.34. The lowest BCUT2D eigenvalue weighted by Crippen LogP contribution is -2.13. The maximum atomic E-state index is 12.6. The summed E-state index contributed by atoms with van der Waals surface area (Å²) in [5.41, 5.74) is 2.71. The van der Waals surface area contributed by atoms with Gasteiger partial charge in [0.2, 0.25) is 0 Å². The van der Waals surface area contributed by atoms with Gasteiger partial charge in [-0.05, 0) is 61.0 Å². The molecule has 0 aliphatic heterocycles. The molecule has 3 rings (SSSR count). The van der Waals surface area contributed by atoms with Crippen molar-refractivity contribution in [2.24, 2.45) is 0 Å². The molecule has 6 heteroatoms. The number of nitrogens with one attached hydrogen (secondary N) is 1. The van der Waals surface area contributed by atoms with Crippen LogP contribution in [0.3, 0.4) is 0 Å². The molecule has 0 unspecified atom stereocenters. The second kappa shape index (κ2) is 9.00. The number of ether oxygens (including phenoxy) is 2. The first kappa shape index (κ1) is 20.1. The summed E-state index contributed by atoms with van der Waals surface area (Å²) < 4.78 is 11.2. The van der Waals surface area contributed by atoms with Gasteiger partial charge in [-0.15, -0.1) is 0 Å². The molecule has 1 N–H and O–H groups in total. The molecular weight excluding hydrogens is 397 g/mol. The molecule has 3 aromatic carbocycles. The van der Waals surface area contributed by atoms with Gasteiger partial charge in [0.25, 0.3) is 5.91 Å². The highest BCUT2D eigenvalue weighted by Gasteiger charge is 2.12. The SMILES string of the molecule is COc1ccc(C(=O)Nc2ccccc2Cl)cc1COc1ccc(Cl)c(C)c1. The molecule has 0 saturated carbocycles. The van der Waals surface area contributed by atoms with E-state index in [0.29, 0.717) is 32.8 Å². The van der Waals surface area contributed by atoms with Gasteiger partial charge < -0.3 is 14.8 Å². The minimum atomic E-state index is -0.264. The molecule has 1 amide bonds. The van der Waals surface area contributed by atoms with Crippen LogP contribution in [-0.2, 0) is 6.61 Å². The van der Waals surface area contributed by atoms with Gasteiger partial charge in [0.05, 0.1) is 17.8 Å². The third-order valence-corrected chi connectivity index (χ3v) is 4.94. The number of carbonyl (C=O) groups excluding carboxylic acids is 1. The van der Waals surface area contributed by atoms with E-state index in [1.807, 2.05) is 19.1 Å². The van der Waals surface area contributed by atoms with E-state index < -0.39 is 0 Å². The zero-order valence-electron chi connectivity index (χ0n) is 15.5. The summed E-state index contributed by atoms with van der Waals surface area (Å²) in [6.45, 7) is 2.16. The van der Waals surface area contributed by atoms with Crippen molar-refractivity contribution in [2.45, 2.75) is 13.5 Å². The zero-order chi connectivity index (χ0) is 20.1. The summed E-state index contributed by atoms with van der Waals surface area (Å²) >= 11 is 12.2. The van der Waals surface area contributed by atoms with E-state index in [0.717, 1.165) is 11.1 Å². The highest BCUT2D eigenvalue weighted by atomic mass is 35.5. The molecule has 0 fully saturated rings. The van der Waals surface area contributed by atoms with Gasteiger partial charge in [-0.3, -0.25) is 4.79 Å². The predicted octanol–water partition coefficient (Wildman–Crippen LogP) is 6.14. The Hall–Kier alpha value is -2.69. The second-order valence-electron chi connectivity index (χ2n) is 6.16. The first-order valence-electron chi connectivity index (χ1n) is 8.59. The van der Waals surface area contributed by atoms with Crippen LogP contribution in [0.1, 0.15) is 21.5 Å². The average molecular weight is 416 g/mol. The van der Waals surface area contributed by atoms with Crippen molar-refractivity contribution < 1.29 is 14.3 Å². The van der Waals surface area contributed by atoms with Gasteiger partial charge in [0, 0.05) is 16.1 Å². The quantitative estimate of drug-likeness (QED) is 0.525. The smallest absolute Gasteiger partial charge is 0.255 e. The number of anilines is 1. The molecule has 0 spiro atoms. The number of benzene rings is 3. The van der Waals surface area contributed by atoms with Crippen LogP contribution < -0.4 is 14.8 Å². The van der Waals surface area contributed by atoms with Crippen molar-refractivity contribution >= 4 is 34.8 Å². The van der Waals surface area contributed by atoms with E-state index in [-0.39, 0.29) is 12.5 Å². The Morgan fingerprint density at radius 1 is 1.00 bits per heavy atom. The number of carbonyl (C=O) groups is 1. The van der Waals surface area contributed by atoms with Crippen molar-refractivity contribution in [2.75, 3.05) is 12.4 Å². The van der Waals surface area contributed by atoms with Gasteiger partial charge in [0.15, 0.2) is 0 Å². The molecule has 3 aromatic rings. The van der Waals surface area contributed by atoms with Gasteiger partial charge >= 0.3 is 0 Å².